The molecule has 0 saturated carbocycles. The molecule has 1 unspecified atom stereocenters. The molecule has 0 aliphatic heterocycles. The summed E-state index contributed by atoms with van der Waals surface area (Å²) in [6.07, 6.45) is 1.82. The van der Waals surface area contributed by atoms with E-state index in [1.54, 1.807) is 6.92 Å². The molecule has 10 heteroatoms. The number of benzene rings is 1. The van der Waals surface area contributed by atoms with Crippen molar-refractivity contribution in [2.75, 3.05) is 18.1 Å². The molecule has 0 bridgehead atoms. The van der Waals surface area contributed by atoms with Gasteiger partial charge in [-0.3, -0.25) is 25.2 Å². The van der Waals surface area contributed by atoms with E-state index in [0.717, 1.165) is 12.1 Å². The zero-order valence-electron chi connectivity index (χ0n) is 12.2. The van der Waals surface area contributed by atoms with E-state index in [0.29, 0.717) is 11.6 Å². The smallest absolute Gasteiger partial charge is 0.300 e. The van der Waals surface area contributed by atoms with Gasteiger partial charge in [0.2, 0.25) is 0 Å². The number of anilines is 1. The first kappa shape index (κ1) is 18.2. The lowest BCUT2D eigenvalue weighted by molar-refractivity contribution is -0.392. The van der Waals surface area contributed by atoms with E-state index in [-0.39, 0.29) is 10.7 Å². The lowest BCUT2D eigenvalue weighted by Crippen LogP contribution is -2.25. The molecule has 0 aromatic heterocycles. The molecule has 8 nitrogen and oxygen atoms in total. The molecule has 1 atom stereocenters. The van der Waals surface area contributed by atoms with Crippen LogP contribution in [-0.2, 0) is 0 Å². The Labute approximate surface area is 136 Å². The molecular weight excluding hydrogens is 332 g/mol. The van der Waals surface area contributed by atoms with E-state index in [9.17, 15) is 20.2 Å². The topological polar surface area (TPSA) is 111 Å². The summed E-state index contributed by atoms with van der Waals surface area (Å²) in [6, 6.07) is 1.76. The summed E-state index contributed by atoms with van der Waals surface area (Å²) in [7, 11) is 0. The van der Waals surface area contributed by atoms with Gasteiger partial charge in [-0.05, 0) is 20.1 Å². The fourth-order valence-electron chi connectivity index (χ4n) is 1.83. The van der Waals surface area contributed by atoms with Crippen molar-refractivity contribution < 1.29 is 9.85 Å². The third-order valence-corrected chi connectivity index (χ3v) is 3.83. The molecule has 0 spiro atoms. The molecule has 1 rings (SSSR count). The number of rotatable bonds is 6. The summed E-state index contributed by atoms with van der Waals surface area (Å²) in [4.78, 5) is 25.1. The zero-order valence-corrected chi connectivity index (χ0v) is 13.8. The highest BCUT2D eigenvalue weighted by Crippen LogP contribution is 2.38. The summed E-state index contributed by atoms with van der Waals surface area (Å²) in [6.45, 7) is 4.14. The minimum atomic E-state index is -0.705. The molecule has 0 aliphatic rings. The van der Waals surface area contributed by atoms with Crippen LogP contribution in [0.5, 0.6) is 0 Å². The molecule has 22 heavy (non-hydrogen) atoms. The van der Waals surface area contributed by atoms with E-state index in [1.165, 1.54) is 11.8 Å². The molecule has 120 valence electrons. The van der Waals surface area contributed by atoms with Crippen LogP contribution in [0.1, 0.15) is 13.8 Å². The maximum Gasteiger partial charge on any atom is 0.300 e. The van der Waals surface area contributed by atoms with Gasteiger partial charge in [0.05, 0.1) is 26.0 Å². The number of nitro groups is 2. The van der Waals surface area contributed by atoms with Crippen LogP contribution >= 0.6 is 23.4 Å². The van der Waals surface area contributed by atoms with Gasteiger partial charge in [0.15, 0.2) is 5.69 Å². The fraction of sp³-hybridized carbons (Fsp3) is 0.417. The van der Waals surface area contributed by atoms with Gasteiger partial charge in [-0.15, -0.1) is 11.8 Å². The number of aliphatic imine (C=N–C) groups is 1. The van der Waals surface area contributed by atoms with Crippen LogP contribution in [0, 0.1) is 20.2 Å². The lowest BCUT2D eigenvalue weighted by atomic mass is 10.2. The van der Waals surface area contributed by atoms with E-state index in [2.05, 4.69) is 10.3 Å². The van der Waals surface area contributed by atoms with Crippen molar-refractivity contribution in [3.63, 3.8) is 0 Å². The van der Waals surface area contributed by atoms with Crippen LogP contribution in [-0.4, -0.2) is 33.7 Å². The minimum Gasteiger partial charge on any atom is -0.365 e. The Morgan fingerprint density at radius 2 is 1.86 bits per heavy atom. The predicted octanol–water partition coefficient (Wildman–Crippen LogP) is 3.74. The molecule has 0 aliphatic carbocycles. The average Bonchev–Trinajstić information content (AvgIpc) is 2.45. The molecule has 0 fully saturated rings. The molecule has 0 heterocycles. The Morgan fingerprint density at radius 1 is 1.36 bits per heavy atom. The second-order valence-electron chi connectivity index (χ2n) is 4.22. The largest absolute Gasteiger partial charge is 0.365 e. The van der Waals surface area contributed by atoms with Crippen molar-refractivity contribution in [1.29, 1.82) is 0 Å². The first-order valence-electron chi connectivity index (χ1n) is 6.29. The van der Waals surface area contributed by atoms with Crippen molar-refractivity contribution in [2.45, 2.75) is 19.9 Å². The number of nitrogens with one attached hydrogen (secondary N) is 1. The van der Waals surface area contributed by atoms with E-state index < -0.39 is 27.3 Å². The Morgan fingerprint density at radius 3 is 2.23 bits per heavy atom. The van der Waals surface area contributed by atoms with Crippen LogP contribution in [0.4, 0.5) is 17.1 Å². The van der Waals surface area contributed by atoms with Crippen molar-refractivity contribution in [3.05, 3.63) is 37.4 Å². The van der Waals surface area contributed by atoms with Crippen LogP contribution in [0.2, 0.25) is 5.02 Å². The standard InChI is InChI=1S/C12H15ClN4O4S/c1-4-14-12(22-3)7(2)15-11-9(16(18)19)5-8(13)6-10(11)17(20)21/h5-7,15H,4H2,1-3H3. The highest BCUT2D eigenvalue weighted by Gasteiger charge is 2.28. The number of hydrogen-bond acceptors (Lipinski definition) is 7. The van der Waals surface area contributed by atoms with Crippen LogP contribution in [0.25, 0.3) is 0 Å². The quantitative estimate of drug-likeness (QED) is 0.363. The molecule has 1 aromatic carbocycles. The van der Waals surface area contributed by atoms with E-state index in [1.807, 2.05) is 13.2 Å². The molecule has 0 amide bonds. The summed E-state index contributed by atoms with van der Waals surface area (Å²) < 4.78 is 0. The van der Waals surface area contributed by atoms with Crippen LogP contribution < -0.4 is 5.32 Å². The number of nitro benzene ring substituents is 2. The predicted molar refractivity (Wildman–Crippen MR) is 89.3 cm³/mol. The normalized spacial score (nSPS) is 12.8. The number of thioether (sulfide) groups is 1. The zero-order chi connectivity index (χ0) is 16.9. The summed E-state index contributed by atoms with van der Waals surface area (Å²) in [5, 5.41) is 25.7. The Hall–Kier alpha value is -1.87. The summed E-state index contributed by atoms with van der Waals surface area (Å²) in [5.74, 6) is 0. The van der Waals surface area contributed by atoms with Crippen molar-refractivity contribution in [3.8, 4) is 0 Å². The Balaban J connectivity index is 3.35. The second kappa shape index (κ2) is 7.95. The van der Waals surface area contributed by atoms with Gasteiger partial charge < -0.3 is 5.32 Å². The molecule has 1 N–H and O–H groups in total. The minimum absolute atomic E-state index is 0.0658. The number of nitrogens with zero attached hydrogens (tertiary/aromatic N) is 3. The maximum absolute atomic E-state index is 11.1. The third kappa shape index (κ3) is 4.31. The lowest BCUT2D eigenvalue weighted by Gasteiger charge is -2.16. The highest BCUT2D eigenvalue weighted by molar-refractivity contribution is 8.13. The molecule has 0 saturated heterocycles. The first-order chi connectivity index (χ1) is 10.3. The van der Waals surface area contributed by atoms with Gasteiger partial charge in [0, 0.05) is 18.7 Å². The monoisotopic (exact) mass is 346 g/mol. The van der Waals surface area contributed by atoms with Gasteiger partial charge in [-0.1, -0.05) is 11.6 Å². The Bertz CT molecular complexity index is 588. The van der Waals surface area contributed by atoms with Gasteiger partial charge in [-0.2, -0.15) is 0 Å². The van der Waals surface area contributed by atoms with Crippen molar-refractivity contribution >= 4 is 45.5 Å². The van der Waals surface area contributed by atoms with Gasteiger partial charge in [0.1, 0.15) is 0 Å². The first-order valence-corrected chi connectivity index (χ1v) is 7.89. The highest BCUT2D eigenvalue weighted by atomic mass is 35.5. The maximum atomic E-state index is 11.1. The van der Waals surface area contributed by atoms with Crippen LogP contribution in [0.15, 0.2) is 17.1 Å². The van der Waals surface area contributed by atoms with Gasteiger partial charge >= 0.3 is 11.4 Å². The second-order valence-corrected chi connectivity index (χ2v) is 5.48. The molecule has 0 radical (unpaired) electrons. The number of halogens is 1. The molecular formula is C12H15ClN4O4S. The summed E-state index contributed by atoms with van der Waals surface area (Å²) in [5.41, 5.74) is -1.06. The van der Waals surface area contributed by atoms with E-state index >= 15 is 0 Å². The van der Waals surface area contributed by atoms with E-state index in [4.69, 9.17) is 11.6 Å². The van der Waals surface area contributed by atoms with Gasteiger partial charge in [-0.25, -0.2) is 0 Å². The van der Waals surface area contributed by atoms with Gasteiger partial charge in [0.25, 0.3) is 0 Å². The third-order valence-electron chi connectivity index (χ3n) is 2.71. The van der Waals surface area contributed by atoms with Crippen molar-refractivity contribution in [2.24, 2.45) is 4.99 Å². The Kier molecular flexibility index (Phi) is 6.57. The average molecular weight is 347 g/mol. The molecule has 1 aromatic rings. The number of hydrogen-bond donors (Lipinski definition) is 1. The fourth-order valence-corrected chi connectivity index (χ4v) is 2.70. The summed E-state index contributed by atoms with van der Waals surface area (Å²) >= 11 is 7.10. The SMILES string of the molecule is CCN=C(SC)C(C)Nc1c([N+](=O)[O-])cc(Cl)cc1[N+](=O)[O-]. The van der Waals surface area contributed by atoms with Crippen molar-refractivity contribution in [1.82, 2.24) is 0 Å². The van der Waals surface area contributed by atoms with Crippen LogP contribution in [0.3, 0.4) is 0 Å².